The Kier molecular flexibility index (Phi) is 4.74. The Morgan fingerprint density at radius 2 is 2.42 bits per heavy atom. The van der Waals surface area contributed by atoms with E-state index in [4.69, 9.17) is 10.5 Å². The summed E-state index contributed by atoms with van der Waals surface area (Å²) in [4.78, 5) is 18.2. The zero-order valence-corrected chi connectivity index (χ0v) is 11.3. The van der Waals surface area contributed by atoms with Crippen LogP contribution in [0.5, 0.6) is 0 Å². The lowest BCUT2D eigenvalue weighted by Crippen LogP contribution is -2.45. The molecule has 1 fully saturated rings. The lowest BCUT2D eigenvalue weighted by molar-refractivity contribution is -0.151. The van der Waals surface area contributed by atoms with E-state index in [1.165, 1.54) is 0 Å². The Labute approximate surface area is 113 Å². The normalized spacial score (nSPS) is 20.2. The standard InChI is InChI=1S/C14H21N3O2/c1-2-19-14(18)12-7-3-4-9-17(12)10-11-6-5-8-16-13(11)15/h5-6,8,12H,2-4,7,9-10H2,1H3,(H2,15,16). The van der Waals surface area contributed by atoms with Crippen molar-refractivity contribution < 1.29 is 9.53 Å². The van der Waals surface area contributed by atoms with Crippen LogP contribution in [-0.2, 0) is 16.1 Å². The van der Waals surface area contributed by atoms with E-state index < -0.39 is 0 Å². The fourth-order valence-electron chi connectivity index (χ4n) is 2.49. The predicted octanol–water partition coefficient (Wildman–Crippen LogP) is 1.58. The summed E-state index contributed by atoms with van der Waals surface area (Å²) in [6, 6.07) is 3.68. The second-order valence-corrected chi connectivity index (χ2v) is 4.78. The quantitative estimate of drug-likeness (QED) is 0.835. The van der Waals surface area contributed by atoms with Crippen LogP contribution < -0.4 is 5.73 Å². The summed E-state index contributed by atoms with van der Waals surface area (Å²) in [6.07, 6.45) is 4.72. The molecule has 1 saturated heterocycles. The third kappa shape index (κ3) is 3.44. The Hall–Kier alpha value is -1.62. The summed E-state index contributed by atoms with van der Waals surface area (Å²) >= 11 is 0. The van der Waals surface area contributed by atoms with Gasteiger partial charge in [-0.05, 0) is 32.4 Å². The number of carbonyl (C=O) groups excluding carboxylic acids is 1. The maximum absolute atomic E-state index is 12.0. The van der Waals surface area contributed by atoms with Crippen molar-refractivity contribution in [2.75, 3.05) is 18.9 Å². The molecule has 0 amide bonds. The number of anilines is 1. The highest BCUT2D eigenvalue weighted by Gasteiger charge is 2.30. The van der Waals surface area contributed by atoms with Gasteiger partial charge in [0, 0.05) is 18.3 Å². The number of ether oxygens (including phenoxy) is 1. The molecule has 0 saturated carbocycles. The molecule has 104 valence electrons. The van der Waals surface area contributed by atoms with Crippen molar-refractivity contribution >= 4 is 11.8 Å². The molecule has 2 rings (SSSR count). The molecule has 5 nitrogen and oxygen atoms in total. The van der Waals surface area contributed by atoms with Crippen LogP contribution in [0.2, 0.25) is 0 Å². The van der Waals surface area contributed by atoms with Crippen LogP contribution in [0.3, 0.4) is 0 Å². The fourth-order valence-corrected chi connectivity index (χ4v) is 2.49. The average Bonchev–Trinajstić information content (AvgIpc) is 2.42. The molecule has 2 heterocycles. The highest BCUT2D eigenvalue weighted by molar-refractivity contribution is 5.75. The van der Waals surface area contributed by atoms with E-state index in [9.17, 15) is 4.79 Å². The van der Waals surface area contributed by atoms with Gasteiger partial charge in [-0.15, -0.1) is 0 Å². The molecule has 1 aromatic rings. The van der Waals surface area contributed by atoms with Crippen molar-refractivity contribution in [3.05, 3.63) is 23.9 Å². The number of hydrogen-bond donors (Lipinski definition) is 1. The Morgan fingerprint density at radius 3 is 3.16 bits per heavy atom. The van der Waals surface area contributed by atoms with Crippen molar-refractivity contribution in [1.82, 2.24) is 9.88 Å². The summed E-state index contributed by atoms with van der Waals surface area (Å²) < 4.78 is 5.15. The number of nitrogens with zero attached hydrogens (tertiary/aromatic N) is 2. The van der Waals surface area contributed by atoms with Gasteiger partial charge in [-0.2, -0.15) is 0 Å². The Bertz CT molecular complexity index is 436. The van der Waals surface area contributed by atoms with E-state index in [-0.39, 0.29) is 12.0 Å². The fraction of sp³-hybridized carbons (Fsp3) is 0.571. The van der Waals surface area contributed by atoms with Crippen molar-refractivity contribution in [2.45, 2.75) is 38.8 Å². The van der Waals surface area contributed by atoms with Crippen molar-refractivity contribution in [1.29, 1.82) is 0 Å². The first-order valence-corrected chi connectivity index (χ1v) is 6.82. The molecule has 0 aliphatic carbocycles. The van der Waals surface area contributed by atoms with Crippen molar-refractivity contribution in [3.63, 3.8) is 0 Å². The average molecular weight is 263 g/mol. The summed E-state index contributed by atoms with van der Waals surface area (Å²) in [7, 11) is 0. The maximum atomic E-state index is 12.0. The van der Waals surface area contributed by atoms with Crippen LogP contribution in [0.25, 0.3) is 0 Å². The van der Waals surface area contributed by atoms with Crippen LogP contribution in [0.4, 0.5) is 5.82 Å². The number of nitrogens with two attached hydrogens (primary N) is 1. The molecule has 0 radical (unpaired) electrons. The van der Waals surface area contributed by atoms with E-state index in [1.54, 1.807) is 6.20 Å². The number of hydrogen-bond acceptors (Lipinski definition) is 5. The van der Waals surface area contributed by atoms with Gasteiger partial charge in [0.15, 0.2) is 0 Å². The number of pyridine rings is 1. The van der Waals surface area contributed by atoms with Gasteiger partial charge in [-0.3, -0.25) is 9.69 Å². The topological polar surface area (TPSA) is 68.5 Å². The van der Waals surface area contributed by atoms with Gasteiger partial charge in [0.25, 0.3) is 0 Å². The molecule has 1 aliphatic heterocycles. The first-order valence-electron chi connectivity index (χ1n) is 6.82. The van der Waals surface area contributed by atoms with Crippen LogP contribution in [-0.4, -0.2) is 35.0 Å². The van der Waals surface area contributed by atoms with Crippen molar-refractivity contribution in [2.24, 2.45) is 0 Å². The van der Waals surface area contributed by atoms with Crippen LogP contribution >= 0.6 is 0 Å². The second kappa shape index (κ2) is 6.52. The lowest BCUT2D eigenvalue weighted by atomic mass is 10.0. The molecule has 1 aliphatic rings. The number of aromatic nitrogens is 1. The third-order valence-electron chi connectivity index (χ3n) is 3.47. The van der Waals surface area contributed by atoms with E-state index in [0.29, 0.717) is 19.0 Å². The number of likely N-dealkylation sites (tertiary alicyclic amines) is 1. The van der Waals surface area contributed by atoms with Crippen LogP contribution in [0.15, 0.2) is 18.3 Å². The Morgan fingerprint density at radius 1 is 1.58 bits per heavy atom. The smallest absolute Gasteiger partial charge is 0.323 e. The summed E-state index contributed by atoms with van der Waals surface area (Å²) in [5.41, 5.74) is 6.84. The number of nitrogen functional groups attached to an aromatic ring is 1. The largest absolute Gasteiger partial charge is 0.465 e. The number of carbonyl (C=O) groups is 1. The van der Waals surface area contributed by atoms with Gasteiger partial charge in [-0.25, -0.2) is 4.98 Å². The minimum Gasteiger partial charge on any atom is -0.465 e. The van der Waals surface area contributed by atoms with Gasteiger partial charge in [0.1, 0.15) is 11.9 Å². The van der Waals surface area contributed by atoms with Gasteiger partial charge in [-0.1, -0.05) is 12.5 Å². The molecule has 19 heavy (non-hydrogen) atoms. The molecular formula is C14H21N3O2. The molecule has 2 N–H and O–H groups in total. The summed E-state index contributed by atoms with van der Waals surface area (Å²) in [6.45, 7) is 3.82. The molecule has 0 aromatic carbocycles. The summed E-state index contributed by atoms with van der Waals surface area (Å²) in [5, 5.41) is 0. The number of rotatable bonds is 4. The molecule has 1 atom stereocenters. The monoisotopic (exact) mass is 263 g/mol. The zero-order chi connectivity index (χ0) is 13.7. The Balaban J connectivity index is 2.07. The highest BCUT2D eigenvalue weighted by atomic mass is 16.5. The van der Waals surface area contributed by atoms with Gasteiger partial charge < -0.3 is 10.5 Å². The van der Waals surface area contributed by atoms with E-state index in [2.05, 4.69) is 9.88 Å². The second-order valence-electron chi connectivity index (χ2n) is 4.78. The molecular weight excluding hydrogens is 242 g/mol. The van der Waals surface area contributed by atoms with E-state index in [1.807, 2.05) is 19.1 Å². The minimum atomic E-state index is -0.145. The van der Waals surface area contributed by atoms with Crippen molar-refractivity contribution in [3.8, 4) is 0 Å². The van der Waals surface area contributed by atoms with E-state index >= 15 is 0 Å². The SMILES string of the molecule is CCOC(=O)C1CCCCN1Cc1cccnc1N. The predicted molar refractivity (Wildman–Crippen MR) is 73.3 cm³/mol. The minimum absolute atomic E-state index is 0.121. The zero-order valence-electron chi connectivity index (χ0n) is 11.3. The highest BCUT2D eigenvalue weighted by Crippen LogP contribution is 2.22. The maximum Gasteiger partial charge on any atom is 0.323 e. The number of esters is 1. The molecule has 5 heteroatoms. The van der Waals surface area contributed by atoms with Crippen LogP contribution in [0.1, 0.15) is 31.7 Å². The van der Waals surface area contributed by atoms with Crippen LogP contribution in [0, 0.1) is 0 Å². The first kappa shape index (κ1) is 13.8. The molecule has 0 spiro atoms. The molecule has 0 bridgehead atoms. The lowest BCUT2D eigenvalue weighted by Gasteiger charge is -2.34. The van der Waals surface area contributed by atoms with Gasteiger partial charge in [0.05, 0.1) is 6.61 Å². The first-order chi connectivity index (χ1) is 9.22. The summed E-state index contributed by atoms with van der Waals surface area (Å²) in [5.74, 6) is 0.417. The number of piperidine rings is 1. The van der Waals surface area contributed by atoms with E-state index in [0.717, 1.165) is 31.4 Å². The van der Waals surface area contributed by atoms with Gasteiger partial charge in [0.2, 0.25) is 0 Å². The van der Waals surface area contributed by atoms with Gasteiger partial charge >= 0.3 is 5.97 Å². The molecule has 1 unspecified atom stereocenters. The molecule has 1 aromatic heterocycles. The third-order valence-corrected chi connectivity index (χ3v) is 3.47.